The average molecular weight is 248 g/mol. The summed E-state index contributed by atoms with van der Waals surface area (Å²) in [4.78, 5) is 17.5. The van der Waals surface area contributed by atoms with Gasteiger partial charge < -0.3 is 9.64 Å². The highest BCUT2D eigenvalue weighted by Gasteiger charge is 2.19. The number of pyridine rings is 1. The molecule has 1 aliphatic rings. The second kappa shape index (κ2) is 5.96. The van der Waals surface area contributed by atoms with Crippen molar-refractivity contribution in [1.29, 1.82) is 0 Å². The lowest BCUT2D eigenvalue weighted by atomic mass is 10.0. The zero-order valence-corrected chi connectivity index (χ0v) is 11.1. The molecule has 1 atom stereocenters. The SMILES string of the molecule is CC(=O)c1ccc(OCC2CCCCN2C)cn1. The van der Waals surface area contributed by atoms with E-state index in [1.807, 2.05) is 6.07 Å². The van der Waals surface area contributed by atoms with Crippen LogP contribution in [-0.2, 0) is 0 Å². The molecule has 0 amide bonds. The van der Waals surface area contributed by atoms with Gasteiger partial charge in [-0.05, 0) is 38.6 Å². The molecule has 1 aromatic rings. The largest absolute Gasteiger partial charge is 0.490 e. The molecule has 1 saturated heterocycles. The summed E-state index contributed by atoms with van der Waals surface area (Å²) in [6, 6.07) is 4.01. The topological polar surface area (TPSA) is 42.4 Å². The molecule has 0 saturated carbocycles. The van der Waals surface area contributed by atoms with Gasteiger partial charge in [-0.2, -0.15) is 0 Å². The van der Waals surface area contributed by atoms with E-state index in [0.29, 0.717) is 18.3 Å². The normalized spacial score (nSPS) is 20.7. The fraction of sp³-hybridized carbons (Fsp3) is 0.571. The first-order chi connectivity index (χ1) is 8.66. The summed E-state index contributed by atoms with van der Waals surface area (Å²) >= 11 is 0. The minimum atomic E-state index is -0.0198. The summed E-state index contributed by atoms with van der Waals surface area (Å²) in [5.41, 5.74) is 0.483. The highest BCUT2D eigenvalue weighted by Crippen LogP contribution is 2.17. The molecule has 4 heteroatoms. The number of ketones is 1. The van der Waals surface area contributed by atoms with Gasteiger partial charge in [-0.1, -0.05) is 6.42 Å². The number of carbonyl (C=O) groups excluding carboxylic acids is 1. The van der Waals surface area contributed by atoms with Crippen LogP contribution >= 0.6 is 0 Å². The fourth-order valence-electron chi connectivity index (χ4n) is 2.22. The van der Waals surface area contributed by atoms with Gasteiger partial charge in [-0.25, -0.2) is 4.98 Å². The van der Waals surface area contributed by atoms with Gasteiger partial charge >= 0.3 is 0 Å². The van der Waals surface area contributed by atoms with Crippen molar-refractivity contribution >= 4 is 5.78 Å². The van der Waals surface area contributed by atoms with Crippen molar-refractivity contribution in [2.45, 2.75) is 32.2 Å². The van der Waals surface area contributed by atoms with E-state index >= 15 is 0 Å². The number of likely N-dealkylation sites (tertiary alicyclic amines) is 1. The van der Waals surface area contributed by atoms with E-state index in [2.05, 4.69) is 16.9 Å². The number of rotatable bonds is 4. The molecular weight excluding hydrogens is 228 g/mol. The molecule has 1 fully saturated rings. The predicted molar refractivity (Wildman–Crippen MR) is 70.0 cm³/mol. The maximum atomic E-state index is 11.1. The number of hydrogen-bond acceptors (Lipinski definition) is 4. The van der Waals surface area contributed by atoms with Crippen molar-refractivity contribution in [2.75, 3.05) is 20.2 Å². The molecule has 4 nitrogen and oxygen atoms in total. The van der Waals surface area contributed by atoms with Crippen molar-refractivity contribution in [2.24, 2.45) is 0 Å². The molecule has 0 spiro atoms. The molecule has 2 heterocycles. The van der Waals surface area contributed by atoms with Crippen molar-refractivity contribution in [3.8, 4) is 5.75 Å². The third-order valence-electron chi connectivity index (χ3n) is 3.46. The van der Waals surface area contributed by atoms with Crippen LogP contribution in [0.5, 0.6) is 5.75 Å². The first-order valence-electron chi connectivity index (χ1n) is 6.47. The summed E-state index contributed by atoms with van der Waals surface area (Å²) in [7, 11) is 2.14. The monoisotopic (exact) mass is 248 g/mol. The van der Waals surface area contributed by atoms with E-state index in [-0.39, 0.29) is 5.78 Å². The molecule has 0 radical (unpaired) electrons. The van der Waals surface area contributed by atoms with Gasteiger partial charge in [-0.15, -0.1) is 0 Å². The van der Waals surface area contributed by atoms with Gasteiger partial charge in [0, 0.05) is 13.0 Å². The molecule has 1 aliphatic heterocycles. The standard InChI is InChI=1S/C14H20N2O2/c1-11(17)14-7-6-13(9-15-14)18-10-12-5-3-4-8-16(12)2/h6-7,9,12H,3-5,8,10H2,1-2H3. The first-order valence-corrected chi connectivity index (χ1v) is 6.47. The van der Waals surface area contributed by atoms with Crippen LogP contribution in [0.25, 0.3) is 0 Å². The van der Waals surface area contributed by atoms with Crippen LogP contribution in [-0.4, -0.2) is 41.9 Å². The maximum Gasteiger partial charge on any atom is 0.178 e. The van der Waals surface area contributed by atoms with Crippen LogP contribution in [0.15, 0.2) is 18.3 Å². The van der Waals surface area contributed by atoms with Crippen LogP contribution in [0.4, 0.5) is 0 Å². The summed E-state index contributed by atoms with van der Waals surface area (Å²) < 4.78 is 5.74. The highest BCUT2D eigenvalue weighted by atomic mass is 16.5. The molecule has 0 aliphatic carbocycles. The summed E-state index contributed by atoms with van der Waals surface area (Å²) in [6.07, 6.45) is 5.37. The Morgan fingerprint density at radius 2 is 2.33 bits per heavy atom. The van der Waals surface area contributed by atoms with Crippen LogP contribution in [0.1, 0.15) is 36.7 Å². The third-order valence-corrected chi connectivity index (χ3v) is 3.46. The zero-order valence-electron chi connectivity index (χ0n) is 11.1. The lowest BCUT2D eigenvalue weighted by molar-refractivity contribution is 0.101. The van der Waals surface area contributed by atoms with E-state index in [4.69, 9.17) is 4.74 Å². The van der Waals surface area contributed by atoms with Crippen LogP contribution in [0, 0.1) is 0 Å². The second-order valence-electron chi connectivity index (χ2n) is 4.88. The Balaban J connectivity index is 1.87. The number of aromatic nitrogens is 1. The van der Waals surface area contributed by atoms with Gasteiger partial charge in [0.25, 0.3) is 0 Å². The number of hydrogen-bond donors (Lipinski definition) is 0. The Labute approximate surface area is 108 Å². The van der Waals surface area contributed by atoms with Gasteiger partial charge in [0.1, 0.15) is 18.1 Å². The highest BCUT2D eigenvalue weighted by molar-refractivity contribution is 5.92. The van der Waals surface area contributed by atoms with E-state index in [0.717, 1.165) is 12.3 Å². The van der Waals surface area contributed by atoms with Crippen molar-refractivity contribution < 1.29 is 9.53 Å². The molecule has 2 rings (SSSR count). The predicted octanol–water partition coefficient (Wildman–Crippen LogP) is 2.15. The fourth-order valence-corrected chi connectivity index (χ4v) is 2.22. The number of piperidine rings is 1. The van der Waals surface area contributed by atoms with Crippen molar-refractivity contribution in [1.82, 2.24) is 9.88 Å². The first kappa shape index (κ1) is 13.0. The zero-order chi connectivity index (χ0) is 13.0. The Kier molecular flexibility index (Phi) is 4.31. The number of Topliss-reactive ketones (excluding diaryl/α,β-unsaturated/α-hetero) is 1. The Hall–Kier alpha value is -1.42. The van der Waals surface area contributed by atoms with Crippen LogP contribution in [0.3, 0.4) is 0 Å². The number of likely N-dealkylation sites (N-methyl/N-ethyl adjacent to an activating group) is 1. The lowest BCUT2D eigenvalue weighted by Gasteiger charge is -2.32. The third kappa shape index (κ3) is 3.29. The van der Waals surface area contributed by atoms with E-state index in [1.165, 1.54) is 26.2 Å². The Morgan fingerprint density at radius 1 is 1.50 bits per heavy atom. The van der Waals surface area contributed by atoms with Crippen molar-refractivity contribution in [3.05, 3.63) is 24.0 Å². The molecule has 0 bridgehead atoms. The number of ether oxygens (including phenoxy) is 1. The molecule has 0 aromatic carbocycles. The lowest BCUT2D eigenvalue weighted by Crippen LogP contribution is -2.40. The molecule has 18 heavy (non-hydrogen) atoms. The minimum Gasteiger partial charge on any atom is -0.490 e. The Morgan fingerprint density at radius 3 is 2.94 bits per heavy atom. The van der Waals surface area contributed by atoms with Gasteiger partial charge in [-0.3, -0.25) is 4.79 Å². The summed E-state index contributed by atoms with van der Waals surface area (Å²) in [5.74, 6) is 0.715. The molecule has 98 valence electrons. The molecule has 1 unspecified atom stereocenters. The second-order valence-corrected chi connectivity index (χ2v) is 4.88. The van der Waals surface area contributed by atoms with Crippen molar-refractivity contribution in [3.63, 3.8) is 0 Å². The Bertz CT molecular complexity index is 403. The summed E-state index contributed by atoms with van der Waals surface area (Å²) in [5, 5.41) is 0. The van der Waals surface area contributed by atoms with Crippen LogP contribution < -0.4 is 4.74 Å². The quantitative estimate of drug-likeness (QED) is 0.766. The maximum absolute atomic E-state index is 11.1. The van der Waals surface area contributed by atoms with Gasteiger partial charge in [0.15, 0.2) is 5.78 Å². The van der Waals surface area contributed by atoms with E-state index in [1.54, 1.807) is 12.3 Å². The van der Waals surface area contributed by atoms with Gasteiger partial charge in [0.2, 0.25) is 0 Å². The smallest absolute Gasteiger partial charge is 0.178 e. The van der Waals surface area contributed by atoms with E-state index in [9.17, 15) is 4.79 Å². The number of carbonyl (C=O) groups is 1. The summed E-state index contributed by atoms with van der Waals surface area (Å²) in [6.45, 7) is 3.35. The van der Waals surface area contributed by atoms with Gasteiger partial charge in [0.05, 0.1) is 6.20 Å². The molecule has 0 N–H and O–H groups in total. The average Bonchev–Trinajstić information content (AvgIpc) is 2.38. The van der Waals surface area contributed by atoms with Crippen LogP contribution in [0.2, 0.25) is 0 Å². The number of nitrogens with zero attached hydrogens (tertiary/aromatic N) is 2. The molecular formula is C14H20N2O2. The minimum absolute atomic E-state index is 0.0198. The van der Waals surface area contributed by atoms with E-state index < -0.39 is 0 Å². The molecule has 1 aromatic heterocycles.